The van der Waals surface area contributed by atoms with Gasteiger partial charge in [0.1, 0.15) is 0 Å². The molecular weight excluding hydrogens is 300 g/mol. The third-order valence-corrected chi connectivity index (χ3v) is 0.789. The highest BCUT2D eigenvalue weighted by molar-refractivity contribution is 5.76. The van der Waals surface area contributed by atoms with Gasteiger partial charge in [0.15, 0.2) is 10.7 Å². The van der Waals surface area contributed by atoms with Crippen molar-refractivity contribution in [2.45, 2.75) is 0 Å². The Morgan fingerprint density at radius 2 is 0.950 bits per heavy atom. The van der Waals surface area contributed by atoms with Gasteiger partial charge in [-0.2, -0.15) is 9.59 Å². The van der Waals surface area contributed by atoms with E-state index in [9.17, 15) is 29.0 Å². The molecule has 0 fully saturated rings. The van der Waals surface area contributed by atoms with Crippen LogP contribution in [0.3, 0.4) is 0 Å². The maximum Gasteiger partial charge on any atom is 0.553 e. The van der Waals surface area contributed by atoms with E-state index in [-0.39, 0.29) is 0 Å². The number of nitrogens with zero attached hydrogens (tertiary/aromatic N) is 2. The van der Waals surface area contributed by atoms with E-state index in [2.05, 4.69) is 39.0 Å². The maximum atomic E-state index is 10.4. The third kappa shape index (κ3) is 8.72. The molecule has 0 heterocycles. The highest BCUT2D eigenvalue weighted by atomic mass is 17.7. The first-order valence-electron chi connectivity index (χ1n) is 3.68. The summed E-state index contributed by atoms with van der Waals surface area (Å²) in [6, 6.07) is 0. The predicted octanol–water partition coefficient (Wildman–Crippen LogP) is 0.707. The van der Waals surface area contributed by atoms with Crippen molar-refractivity contribution < 1.29 is 58.2 Å². The summed E-state index contributed by atoms with van der Waals surface area (Å²) in [7, 11) is 0. The van der Waals surface area contributed by atoms with Gasteiger partial charge in [0.05, 0.1) is 0 Å². The van der Waals surface area contributed by atoms with E-state index < -0.39 is 24.6 Å². The Bertz CT molecular complexity index is 364. The molecule has 0 aliphatic carbocycles. The molecule has 0 aromatic rings. The van der Waals surface area contributed by atoms with Gasteiger partial charge in [0.25, 0.3) is 0 Å². The molecule has 0 radical (unpaired) electrons. The molecule has 0 aliphatic heterocycles. The first kappa shape index (κ1) is 16.6. The molecule has 110 valence electrons. The van der Waals surface area contributed by atoms with E-state index in [1.54, 1.807) is 10.7 Å². The minimum atomic E-state index is -1.92. The Hall–Kier alpha value is -3.40. The van der Waals surface area contributed by atoms with Gasteiger partial charge in [-0.15, -0.1) is 9.81 Å². The van der Waals surface area contributed by atoms with Crippen molar-refractivity contribution >= 4 is 24.6 Å². The van der Waals surface area contributed by atoms with Gasteiger partial charge < -0.3 is 9.47 Å². The van der Waals surface area contributed by atoms with Crippen molar-refractivity contribution in [3.63, 3.8) is 0 Å². The monoisotopic (exact) mass is 300 g/mol. The highest BCUT2D eigenvalue weighted by Gasteiger charge is 2.18. The predicted molar refractivity (Wildman–Crippen MR) is 41.9 cm³/mol. The first-order valence-corrected chi connectivity index (χ1v) is 3.68. The Morgan fingerprint density at radius 1 is 0.600 bits per heavy atom. The van der Waals surface area contributed by atoms with Gasteiger partial charge in [-0.1, -0.05) is 0 Å². The molecule has 16 heteroatoms. The van der Waals surface area contributed by atoms with Crippen LogP contribution in [0, 0.1) is 9.81 Å². The molecule has 0 aromatic heterocycles. The fourth-order valence-electron chi connectivity index (χ4n) is 0.352. The average Bonchev–Trinajstić information content (AvgIpc) is 2.35. The number of ether oxygens (including phenoxy) is 2. The molecule has 0 unspecified atom stereocenters. The molecule has 0 rings (SSSR count). The molecule has 0 spiro atoms. The second-order valence-electron chi connectivity index (χ2n) is 1.84. The molecule has 0 saturated carbocycles. The van der Waals surface area contributed by atoms with E-state index >= 15 is 0 Å². The second kappa shape index (κ2) is 9.61. The fourth-order valence-corrected chi connectivity index (χ4v) is 0.352. The number of hydrogen-bond acceptors (Lipinski definition) is 16. The Morgan fingerprint density at radius 3 is 1.25 bits per heavy atom. The number of carbonyl (C=O) groups is 4. The van der Waals surface area contributed by atoms with Crippen molar-refractivity contribution in [2.24, 2.45) is 10.7 Å². The van der Waals surface area contributed by atoms with Crippen LogP contribution in [0.25, 0.3) is 0 Å². The van der Waals surface area contributed by atoms with E-state index in [0.717, 1.165) is 0 Å². The van der Waals surface area contributed by atoms with Gasteiger partial charge in [0.2, 0.25) is 0 Å². The molecule has 0 amide bonds. The molecule has 16 nitrogen and oxygen atoms in total. The highest BCUT2D eigenvalue weighted by Crippen LogP contribution is 1.95. The van der Waals surface area contributed by atoms with Crippen molar-refractivity contribution in [2.75, 3.05) is 0 Å². The van der Waals surface area contributed by atoms with E-state index in [0.29, 0.717) is 0 Å². The number of hydrogen-bond donors (Lipinski definition) is 0. The van der Waals surface area contributed by atoms with Crippen LogP contribution in [0.4, 0.5) is 19.2 Å². The molecular formula is C4N2O14. The fraction of sp³-hybridized carbons (Fsp3) is 0. The lowest BCUT2D eigenvalue weighted by Crippen LogP contribution is -2.16. The topological polar surface area (TPSA) is 201 Å². The summed E-state index contributed by atoms with van der Waals surface area (Å²) in [5.41, 5.74) is 0. The summed E-state index contributed by atoms with van der Waals surface area (Å²) < 4.78 is 6.96. The van der Waals surface area contributed by atoms with Gasteiger partial charge in [-0.05, 0) is 0 Å². The quantitative estimate of drug-likeness (QED) is 0.171. The van der Waals surface area contributed by atoms with Crippen LogP contribution in [0.1, 0.15) is 0 Å². The summed E-state index contributed by atoms with van der Waals surface area (Å²) >= 11 is 0. The number of carbonyl (C=O) groups excluding carboxylic acids is 4. The molecule has 20 heavy (non-hydrogen) atoms. The van der Waals surface area contributed by atoms with Crippen LogP contribution in [0.2, 0.25) is 0 Å². The van der Waals surface area contributed by atoms with Gasteiger partial charge in [0, 0.05) is 10.1 Å². The van der Waals surface area contributed by atoms with Crippen LogP contribution in [0.5, 0.6) is 0 Å². The Balaban J connectivity index is 3.70. The maximum absolute atomic E-state index is 10.4. The van der Waals surface area contributed by atoms with Crippen molar-refractivity contribution in [3.8, 4) is 0 Å². The summed E-state index contributed by atoms with van der Waals surface area (Å²) in [5.74, 6) is 0. The van der Waals surface area contributed by atoms with Gasteiger partial charge in [-0.25, -0.2) is 29.0 Å². The molecule has 0 saturated heterocycles. The summed E-state index contributed by atoms with van der Waals surface area (Å²) in [4.78, 5) is 73.4. The van der Waals surface area contributed by atoms with Gasteiger partial charge in [-0.3, -0.25) is 0 Å². The van der Waals surface area contributed by atoms with Gasteiger partial charge >= 0.3 is 24.6 Å². The normalized spacial score (nSPS) is 8.60. The van der Waals surface area contributed by atoms with Crippen LogP contribution in [-0.2, 0) is 39.0 Å². The lowest BCUT2D eigenvalue weighted by Gasteiger charge is -1.99. The number of rotatable bonds is 5. The Kier molecular flexibility index (Phi) is 7.98. The zero-order valence-corrected chi connectivity index (χ0v) is 8.61. The van der Waals surface area contributed by atoms with E-state index in [4.69, 9.17) is 0 Å². The molecule has 0 atom stereocenters. The lowest BCUT2D eigenvalue weighted by atomic mass is 11.3. The largest absolute Gasteiger partial charge is 0.553 e. The smallest absolute Gasteiger partial charge is 0.324 e. The van der Waals surface area contributed by atoms with Crippen LogP contribution in [0.15, 0.2) is 10.7 Å². The van der Waals surface area contributed by atoms with Crippen molar-refractivity contribution in [1.29, 1.82) is 0 Å². The molecule has 0 bridgehead atoms. The lowest BCUT2D eigenvalue weighted by molar-refractivity contribution is -0.600. The zero-order valence-electron chi connectivity index (χ0n) is 8.61. The Labute approximate surface area is 104 Å². The minimum Gasteiger partial charge on any atom is -0.324 e. The van der Waals surface area contributed by atoms with Crippen molar-refractivity contribution in [3.05, 3.63) is 9.81 Å². The molecule has 0 aliphatic rings. The summed E-state index contributed by atoms with van der Waals surface area (Å²) in [5, 5.41) is 9.84. The second-order valence-corrected chi connectivity index (χ2v) is 1.84. The summed E-state index contributed by atoms with van der Waals surface area (Å²) in [6.45, 7) is 0. The standard InChI is InChI=1S/C4N2O14/c7-1(15-5-11)13-3(9)17-19-20-18-4(10)14-2(8)16-6-12. The van der Waals surface area contributed by atoms with Crippen molar-refractivity contribution in [1.82, 2.24) is 0 Å². The zero-order chi connectivity index (χ0) is 15.4. The first-order chi connectivity index (χ1) is 9.49. The average molecular weight is 300 g/mol. The summed E-state index contributed by atoms with van der Waals surface area (Å²) in [6.07, 6.45) is -7.56. The van der Waals surface area contributed by atoms with Crippen LogP contribution < -0.4 is 0 Å². The van der Waals surface area contributed by atoms with E-state index in [1.165, 1.54) is 0 Å². The third-order valence-electron chi connectivity index (χ3n) is 0.789. The van der Waals surface area contributed by atoms with E-state index in [1.807, 2.05) is 0 Å². The molecule has 0 aromatic carbocycles. The molecule has 0 N–H and O–H groups in total. The minimum absolute atomic E-state index is 1.59. The van der Waals surface area contributed by atoms with Crippen LogP contribution in [-0.4, -0.2) is 24.6 Å². The SMILES string of the molecule is O=NOC(=O)OC(=O)OOOOC(=O)OC(=O)ON=O. The van der Waals surface area contributed by atoms with Crippen LogP contribution >= 0.6 is 0 Å².